The molecule has 21 heavy (non-hydrogen) atoms. The van der Waals surface area contributed by atoms with Crippen LogP contribution < -0.4 is 0 Å². The Morgan fingerprint density at radius 2 is 2.10 bits per heavy atom. The number of halogens is 1. The van der Waals surface area contributed by atoms with Gasteiger partial charge in [-0.25, -0.2) is 9.78 Å². The van der Waals surface area contributed by atoms with E-state index in [1.54, 1.807) is 23.0 Å². The van der Waals surface area contributed by atoms with E-state index in [0.29, 0.717) is 16.6 Å². The second-order valence-electron chi connectivity index (χ2n) is 4.88. The van der Waals surface area contributed by atoms with Gasteiger partial charge in [0.15, 0.2) is 0 Å². The lowest BCUT2D eigenvalue weighted by atomic mass is 10.0. The number of carboxylic acids is 1. The van der Waals surface area contributed by atoms with Crippen LogP contribution >= 0.6 is 15.9 Å². The Morgan fingerprint density at radius 3 is 2.71 bits per heavy atom. The molecule has 6 heteroatoms. The molecule has 0 aliphatic carbocycles. The lowest BCUT2D eigenvalue weighted by molar-refractivity contribution is 0.0699. The maximum absolute atomic E-state index is 11.6. The van der Waals surface area contributed by atoms with Crippen LogP contribution in [0.15, 0.2) is 35.1 Å². The summed E-state index contributed by atoms with van der Waals surface area (Å²) in [6.45, 7) is 1.92. The first kappa shape index (κ1) is 13.8. The van der Waals surface area contributed by atoms with Crippen molar-refractivity contribution in [3.63, 3.8) is 0 Å². The van der Waals surface area contributed by atoms with E-state index in [0.717, 1.165) is 15.6 Å². The Kier molecular flexibility index (Phi) is 3.25. The largest absolute Gasteiger partial charge is 0.478 e. The van der Waals surface area contributed by atoms with Crippen molar-refractivity contribution in [2.24, 2.45) is 7.05 Å². The highest BCUT2D eigenvalue weighted by atomic mass is 79.9. The highest BCUT2D eigenvalue weighted by Crippen LogP contribution is 2.29. The quantitative estimate of drug-likeness (QED) is 0.772. The Bertz CT molecular complexity index is 871. The van der Waals surface area contributed by atoms with Gasteiger partial charge in [-0.05, 0) is 30.7 Å². The molecule has 0 saturated carbocycles. The molecule has 3 rings (SSSR count). The number of rotatable bonds is 2. The molecule has 0 aliphatic heterocycles. The summed E-state index contributed by atoms with van der Waals surface area (Å²) in [6, 6.07) is 5.30. The van der Waals surface area contributed by atoms with Crippen molar-refractivity contribution in [1.29, 1.82) is 0 Å². The maximum Gasteiger partial charge on any atom is 0.336 e. The molecule has 0 saturated heterocycles. The molecular weight excluding hydrogens is 334 g/mol. The summed E-state index contributed by atoms with van der Waals surface area (Å²) in [5.41, 5.74) is 3.26. The van der Waals surface area contributed by atoms with Gasteiger partial charge in [0.25, 0.3) is 0 Å². The number of fused-ring (bicyclic) bond motifs is 1. The third-order valence-electron chi connectivity index (χ3n) is 3.30. The van der Waals surface area contributed by atoms with Crippen LogP contribution in [0.25, 0.3) is 22.2 Å². The molecule has 2 aromatic heterocycles. The Balaban J connectivity index is 2.37. The predicted octanol–water partition coefficient (Wildman–Crippen LogP) is 3.40. The van der Waals surface area contributed by atoms with Gasteiger partial charge in [0.2, 0.25) is 0 Å². The summed E-state index contributed by atoms with van der Waals surface area (Å²) in [7, 11) is 1.81. The van der Waals surface area contributed by atoms with Crippen molar-refractivity contribution in [2.45, 2.75) is 6.92 Å². The van der Waals surface area contributed by atoms with Crippen LogP contribution in [-0.2, 0) is 7.05 Å². The van der Waals surface area contributed by atoms with Crippen molar-refractivity contribution < 1.29 is 9.90 Å². The molecule has 0 aliphatic rings. The first-order chi connectivity index (χ1) is 9.95. The molecule has 0 unspecified atom stereocenters. The van der Waals surface area contributed by atoms with Crippen LogP contribution in [0.4, 0.5) is 0 Å². The molecular formula is C15H12BrN3O2. The third-order valence-corrected chi connectivity index (χ3v) is 3.76. The Hall–Kier alpha value is -2.21. The van der Waals surface area contributed by atoms with Crippen molar-refractivity contribution in [2.75, 3.05) is 0 Å². The van der Waals surface area contributed by atoms with E-state index in [2.05, 4.69) is 26.0 Å². The monoisotopic (exact) mass is 345 g/mol. The number of aromatic carboxylic acids is 1. The standard InChI is InChI=1S/C15H12BrN3O2/c1-8-3-10(16)4-11-12(15(20)21)5-13(18-14(8)11)9-6-17-19(2)7-9/h3-7H,1-2H3,(H,20,21). The van der Waals surface area contributed by atoms with Crippen molar-refractivity contribution in [3.05, 3.63) is 46.2 Å². The highest BCUT2D eigenvalue weighted by molar-refractivity contribution is 9.10. The van der Waals surface area contributed by atoms with Crippen molar-refractivity contribution in [3.8, 4) is 11.3 Å². The van der Waals surface area contributed by atoms with Gasteiger partial charge >= 0.3 is 5.97 Å². The predicted molar refractivity (Wildman–Crippen MR) is 83.3 cm³/mol. The van der Waals surface area contributed by atoms with E-state index in [9.17, 15) is 9.90 Å². The number of hydrogen-bond acceptors (Lipinski definition) is 3. The lowest BCUT2D eigenvalue weighted by Crippen LogP contribution is -2.01. The van der Waals surface area contributed by atoms with Gasteiger partial charge in [0, 0.05) is 28.7 Å². The zero-order valence-corrected chi connectivity index (χ0v) is 13.0. The maximum atomic E-state index is 11.6. The number of pyridine rings is 1. The molecule has 3 aromatic rings. The van der Waals surface area contributed by atoms with Gasteiger partial charge in [-0.2, -0.15) is 5.10 Å². The summed E-state index contributed by atoms with van der Waals surface area (Å²) in [5.74, 6) is -0.968. The molecule has 106 valence electrons. The van der Waals surface area contributed by atoms with E-state index in [1.807, 2.05) is 26.2 Å². The average molecular weight is 346 g/mol. The highest BCUT2D eigenvalue weighted by Gasteiger charge is 2.15. The minimum absolute atomic E-state index is 0.239. The minimum Gasteiger partial charge on any atom is -0.478 e. The molecule has 0 fully saturated rings. The molecule has 0 atom stereocenters. The van der Waals surface area contributed by atoms with Gasteiger partial charge in [0.05, 0.1) is 23.0 Å². The fourth-order valence-electron chi connectivity index (χ4n) is 2.33. The minimum atomic E-state index is -0.968. The van der Waals surface area contributed by atoms with E-state index in [1.165, 1.54) is 0 Å². The zero-order chi connectivity index (χ0) is 15.1. The van der Waals surface area contributed by atoms with Crippen LogP contribution in [0.3, 0.4) is 0 Å². The van der Waals surface area contributed by atoms with E-state index < -0.39 is 5.97 Å². The second-order valence-corrected chi connectivity index (χ2v) is 5.80. The lowest BCUT2D eigenvalue weighted by Gasteiger charge is -2.08. The van der Waals surface area contributed by atoms with Crippen molar-refractivity contribution in [1.82, 2.24) is 14.8 Å². The molecule has 0 spiro atoms. The number of hydrogen-bond donors (Lipinski definition) is 1. The average Bonchev–Trinajstić information content (AvgIpc) is 2.84. The summed E-state index contributed by atoms with van der Waals surface area (Å²) in [6.07, 6.45) is 3.49. The first-order valence-corrected chi connectivity index (χ1v) is 7.08. The van der Waals surface area contributed by atoms with E-state index in [4.69, 9.17) is 0 Å². The van der Waals surface area contributed by atoms with Crippen molar-refractivity contribution >= 4 is 32.8 Å². The first-order valence-electron chi connectivity index (χ1n) is 6.29. The Labute approximate surface area is 129 Å². The van der Waals surface area contributed by atoms with Crippen LogP contribution in [0.5, 0.6) is 0 Å². The van der Waals surface area contributed by atoms with Gasteiger partial charge in [-0.3, -0.25) is 4.68 Å². The normalized spacial score (nSPS) is 11.0. The number of aromatic nitrogens is 3. The Morgan fingerprint density at radius 1 is 1.33 bits per heavy atom. The SMILES string of the molecule is Cc1cc(Br)cc2c(C(=O)O)cc(-c3cnn(C)c3)nc12. The fraction of sp³-hybridized carbons (Fsp3) is 0.133. The summed E-state index contributed by atoms with van der Waals surface area (Å²) in [4.78, 5) is 16.2. The summed E-state index contributed by atoms with van der Waals surface area (Å²) < 4.78 is 2.50. The molecule has 1 N–H and O–H groups in total. The van der Waals surface area contributed by atoms with Crippen LogP contribution in [0, 0.1) is 6.92 Å². The van der Waals surface area contributed by atoms with Crippen LogP contribution in [-0.4, -0.2) is 25.8 Å². The zero-order valence-electron chi connectivity index (χ0n) is 11.5. The molecule has 0 amide bonds. The number of carbonyl (C=O) groups is 1. The van der Waals surface area contributed by atoms with Crippen LogP contribution in [0.2, 0.25) is 0 Å². The van der Waals surface area contributed by atoms with Gasteiger partial charge in [-0.1, -0.05) is 15.9 Å². The summed E-state index contributed by atoms with van der Waals surface area (Å²) in [5, 5.41) is 14.2. The molecule has 5 nitrogen and oxygen atoms in total. The number of nitrogens with zero attached hydrogens (tertiary/aromatic N) is 3. The number of aryl methyl sites for hydroxylation is 2. The van der Waals surface area contributed by atoms with Crippen LogP contribution in [0.1, 0.15) is 15.9 Å². The second kappa shape index (κ2) is 4.96. The number of benzene rings is 1. The van der Waals surface area contributed by atoms with Gasteiger partial charge in [-0.15, -0.1) is 0 Å². The topological polar surface area (TPSA) is 68.0 Å². The fourth-order valence-corrected chi connectivity index (χ4v) is 2.91. The molecule has 0 radical (unpaired) electrons. The molecule has 1 aromatic carbocycles. The van der Waals surface area contributed by atoms with Gasteiger partial charge in [0.1, 0.15) is 0 Å². The van der Waals surface area contributed by atoms with E-state index >= 15 is 0 Å². The number of carboxylic acid groups (broad SMARTS) is 1. The van der Waals surface area contributed by atoms with E-state index in [-0.39, 0.29) is 5.56 Å². The smallest absolute Gasteiger partial charge is 0.336 e. The summed E-state index contributed by atoms with van der Waals surface area (Å²) >= 11 is 3.40. The molecule has 2 heterocycles. The molecule has 0 bridgehead atoms. The third kappa shape index (κ3) is 2.42. The van der Waals surface area contributed by atoms with Gasteiger partial charge < -0.3 is 5.11 Å².